The number of carbonyl (C=O) groups is 2. The van der Waals surface area contributed by atoms with Crippen molar-refractivity contribution in [3.8, 4) is 23.3 Å². The third-order valence-electron chi connectivity index (χ3n) is 5.88. The van der Waals surface area contributed by atoms with Crippen LogP contribution in [0.15, 0.2) is 72.3 Å². The van der Waals surface area contributed by atoms with Gasteiger partial charge in [0, 0.05) is 5.69 Å². The molecule has 0 spiro atoms. The fraction of sp³-hybridized carbons (Fsp3) is 0.179. The number of benzene rings is 3. The van der Waals surface area contributed by atoms with Gasteiger partial charge in [-0.15, -0.1) is 0 Å². The minimum atomic E-state index is -0.979. The van der Waals surface area contributed by atoms with Crippen LogP contribution in [0.3, 0.4) is 0 Å². The molecular weight excluding hydrogens is 460 g/mol. The van der Waals surface area contributed by atoms with Crippen molar-refractivity contribution in [1.82, 2.24) is 0 Å². The number of aliphatic hydroxyl groups is 1. The van der Waals surface area contributed by atoms with Crippen molar-refractivity contribution < 1.29 is 28.9 Å². The Morgan fingerprint density at radius 1 is 0.972 bits per heavy atom. The average Bonchev–Trinajstić information content (AvgIpc) is 3.18. The number of methoxy groups -OCH3 is 2. The maximum Gasteiger partial charge on any atom is 0.300 e. The van der Waals surface area contributed by atoms with Gasteiger partial charge in [-0.1, -0.05) is 18.2 Å². The molecule has 1 saturated heterocycles. The number of nitrogens with zero attached hydrogens (tertiary/aromatic N) is 2. The Morgan fingerprint density at radius 2 is 1.67 bits per heavy atom. The van der Waals surface area contributed by atoms with Gasteiger partial charge in [-0.2, -0.15) is 5.26 Å². The molecule has 1 heterocycles. The van der Waals surface area contributed by atoms with Crippen LogP contribution >= 0.6 is 0 Å². The Bertz CT molecular complexity index is 1390. The number of aliphatic hydroxyl groups excluding tert-OH is 1. The molecule has 36 heavy (non-hydrogen) atoms. The van der Waals surface area contributed by atoms with Crippen molar-refractivity contribution in [2.75, 3.05) is 25.7 Å². The van der Waals surface area contributed by atoms with E-state index in [-0.39, 0.29) is 16.9 Å². The molecule has 1 atom stereocenters. The molecule has 0 aromatic heterocycles. The number of ether oxygens (including phenoxy) is 3. The van der Waals surface area contributed by atoms with Gasteiger partial charge in [0.15, 0.2) is 11.5 Å². The number of anilines is 1. The van der Waals surface area contributed by atoms with Crippen molar-refractivity contribution in [3.63, 3.8) is 0 Å². The summed E-state index contributed by atoms with van der Waals surface area (Å²) >= 11 is 0. The second-order valence-corrected chi connectivity index (χ2v) is 7.87. The molecule has 8 heteroatoms. The molecule has 0 radical (unpaired) electrons. The van der Waals surface area contributed by atoms with E-state index in [1.807, 2.05) is 13.0 Å². The molecule has 3 aromatic rings. The van der Waals surface area contributed by atoms with Gasteiger partial charge in [-0.3, -0.25) is 14.5 Å². The smallest absolute Gasteiger partial charge is 0.300 e. The Kier molecular flexibility index (Phi) is 6.93. The van der Waals surface area contributed by atoms with Crippen LogP contribution < -0.4 is 19.1 Å². The van der Waals surface area contributed by atoms with E-state index in [4.69, 9.17) is 14.2 Å². The van der Waals surface area contributed by atoms with Gasteiger partial charge in [0.05, 0.1) is 49.6 Å². The first-order valence-electron chi connectivity index (χ1n) is 11.2. The van der Waals surface area contributed by atoms with Crippen LogP contribution in [0.25, 0.3) is 5.76 Å². The van der Waals surface area contributed by atoms with Crippen molar-refractivity contribution >= 4 is 23.1 Å². The quantitative estimate of drug-likeness (QED) is 0.297. The van der Waals surface area contributed by atoms with Crippen molar-refractivity contribution in [2.24, 2.45) is 0 Å². The standard InChI is InChI=1S/C28H24N2O6/c1-4-36-23-15-18(11-14-22(23)35-3)25-24(26(31)20-7-5-6-8-21(20)34-2)27(32)28(33)30(25)19-12-9-17(16-29)10-13-19/h5-15,25,31H,4H2,1-3H3/b26-24-. The predicted molar refractivity (Wildman–Crippen MR) is 133 cm³/mol. The third-order valence-corrected chi connectivity index (χ3v) is 5.88. The number of amides is 1. The lowest BCUT2D eigenvalue weighted by atomic mass is 9.94. The van der Waals surface area contributed by atoms with Crippen molar-refractivity contribution in [1.29, 1.82) is 5.26 Å². The number of Topliss-reactive ketones (excluding diaryl/α,β-unsaturated/α-hetero) is 1. The number of hydrogen-bond acceptors (Lipinski definition) is 7. The zero-order valence-corrected chi connectivity index (χ0v) is 20.0. The van der Waals surface area contributed by atoms with Gasteiger partial charge in [0.2, 0.25) is 0 Å². The summed E-state index contributed by atoms with van der Waals surface area (Å²) in [5.74, 6) is -0.749. The first kappa shape index (κ1) is 24.4. The maximum atomic E-state index is 13.4. The average molecular weight is 485 g/mol. The Balaban J connectivity index is 1.98. The van der Waals surface area contributed by atoms with Gasteiger partial charge in [0.25, 0.3) is 11.7 Å². The molecule has 0 bridgehead atoms. The van der Waals surface area contributed by atoms with Gasteiger partial charge in [-0.05, 0) is 61.0 Å². The lowest BCUT2D eigenvalue weighted by Gasteiger charge is -2.26. The fourth-order valence-electron chi connectivity index (χ4n) is 4.23. The number of nitriles is 1. The topological polar surface area (TPSA) is 109 Å². The van der Waals surface area contributed by atoms with Crippen LogP contribution in [0.4, 0.5) is 5.69 Å². The van der Waals surface area contributed by atoms with Crippen LogP contribution in [-0.4, -0.2) is 37.6 Å². The summed E-state index contributed by atoms with van der Waals surface area (Å²) in [6.45, 7) is 2.20. The molecule has 1 unspecified atom stereocenters. The van der Waals surface area contributed by atoms with E-state index in [0.29, 0.717) is 40.7 Å². The molecule has 1 fully saturated rings. The Morgan fingerprint density at radius 3 is 2.31 bits per heavy atom. The van der Waals surface area contributed by atoms with E-state index in [2.05, 4.69) is 0 Å². The third kappa shape index (κ3) is 4.23. The highest BCUT2D eigenvalue weighted by atomic mass is 16.5. The molecule has 8 nitrogen and oxygen atoms in total. The lowest BCUT2D eigenvalue weighted by molar-refractivity contribution is -0.132. The van der Waals surface area contributed by atoms with Crippen molar-refractivity contribution in [2.45, 2.75) is 13.0 Å². The molecule has 182 valence electrons. The molecule has 0 saturated carbocycles. The molecule has 4 rings (SSSR count). The highest BCUT2D eigenvalue weighted by Gasteiger charge is 2.47. The van der Waals surface area contributed by atoms with Crippen LogP contribution in [0.1, 0.15) is 29.7 Å². The van der Waals surface area contributed by atoms with Crippen LogP contribution in [-0.2, 0) is 9.59 Å². The second kappa shape index (κ2) is 10.2. The van der Waals surface area contributed by atoms with E-state index in [1.54, 1.807) is 66.7 Å². The number of carbonyl (C=O) groups excluding carboxylic acids is 2. The normalized spacial score (nSPS) is 16.5. The molecule has 3 aromatic carbocycles. The second-order valence-electron chi connectivity index (χ2n) is 7.87. The highest BCUT2D eigenvalue weighted by molar-refractivity contribution is 6.51. The summed E-state index contributed by atoms with van der Waals surface area (Å²) < 4.78 is 16.5. The summed E-state index contributed by atoms with van der Waals surface area (Å²) in [7, 11) is 2.97. The van der Waals surface area contributed by atoms with E-state index in [0.717, 1.165) is 0 Å². The summed E-state index contributed by atoms with van der Waals surface area (Å²) in [4.78, 5) is 28.1. The number of para-hydroxylation sites is 1. The number of ketones is 1. The van der Waals surface area contributed by atoms with Crippen molar-refractivity contribution in [3.05, 3.63) is 89.0 Å². The van der Waals surface area contributed by atoms with Crippen LogP contribution in [0.5, 0.6) is 17.2 Å². The number of rotatable bonds is 7. The molecule has 0 aliphatic carbocycles. The maximum absolute atomic E-state index is 13.4. The van der Waals surface area contributed by atoms with Gasteiger partial charge >= 0.3 is 0 Å². The Hall–Kier alpha value is -4.77. The zero-order valence-electron chi connectivity index (χ0n) is 20.0. The van der Waals surface area contributed by atoms with E-state index < -0.39 is 17.7 Å². The van der Waals surface area contributed by atoms with E-state index >= 15 is 0 Å². The van der Waals surface area contributed by atoms with E-state index in [1.165, 1.54) is 19.1 Å². The molecule has 1 amide bonds. The van der Waals surface area contributed by atoms with Gasteiger partial charge < -0.3 is 19.3 Å². The first-order valence-corrected chi connectivity index (χ1v) is 11.2. The van der Waals surface area contributed by atoms with E-state index in [9.17, 15) is 20.0 Å². The zero-order chi connectivity index (χ0) is 25.8. The summed E-state index contributed by atoms with van der Waals surface area (Å²) in [5, 5.41) is 20.5. The summed E-state index contributed by atoms with van der Waals surface area (Å²) in [6.07, 6.45) is 0. The minimum Gasteiger partial charge on any atom is -0.507 e. The predicted octanol–water partition coefficient (Wildman–Crippen LogP) is 4.60. The highest BCUT2D eigenvalue weighted by Crippen LogP contribution is 2.45. The molecule has 1 N–H and O–H groups in total. The summed E-state index contributed by atoms with van der Waals surface area (Å²) in [5.41, 5.74) is 1.51. The molecule has 1 aliphatic rings. The van der Waals surface area contributed by atoms with Gasteiger partial charge in [0.1, 0.15) is 11.5 Å². The largest absolute Gasteiger partial charge is 0.507 e. The minimum absolute atomic E-state index is 0.0959. The SMILES string of the molecule is CCOc1cc(C2/C(=C(/O)c3ccccc3OC)C(=O)C(=O)N2c2ccc(C#N)cc2)ccc1OC. The molecule has 1 aliphatic heterocycles. The number of hydrogen-bond donors (Lipinski definition) is 1. The monoisotopic (exact) mass is 484 g/mol. The fourth-order valence-corrected chi connectivity index (χ4v) is 4.23. The van der Waals surface area contributed by atoms with Crippen LogP contribution in [0, 0.1) is 11.3 Å². The Labute approximate surface area is 208 Å². The van der Waals surface area contributed by atoms with Crippen LogP contribution in [0.2, 0.25) is 0 Å². The van der Waals surface area contributed by atoms with Gasteiger partial charge in [-0.25, -0.2) is 0 Å². The first-order chi connectivity index (χ1) is 17.4. The molecular formula is C28H24N2O6. The summed E-state index contributed by atoms with van der Waals surface area (Å²) in [6, 6.07) is 19.1. The lowest BCUT2D eigenvalue weighted by Crippen LogP contribution is -2.29.